The summed E-state index contributed by atoms with van der Waals surface area (Å²) in [7, 11) is 0. The molecule has 40 heavy (non-hydrogen) atoms. The molecule has 0 amide bonds. The van der Waals surface area contributed by atoms with Crippen molar-refractivity contribution in [2.75, 3.05) is 6.61 Å². The first-order valence-corrected chi connectivity index (χ1v) is 14.0. The maximum absolute atomic E-state index is 14.2. The number of hydrogen-bond acceptors (Lipinski definition) is 5. The van der Waals surface area contributed by atoms with Gasteiger partial charge in [0.05, 0.1) is 29.6 Å². The van der Waals surface area contributed by atoms with E-state index >= 15 is 0 Å². The van der Waals surface area contributed by atoms with Crippen molar-refractivity contribution in [3.63, 3.8) is 0 Å². The van der Waals surface area contributed by atoms with Crippen LogP contribution in [0.2, 0.25) is 0 Å². The standard InChI is InChI=1S/C32H34N4O4/c1-2-3-8-29-28(19-22-9-11-23(12-10-22)27-7-5-4-6-24(27)20-33)32(39)35(30-17-18-34-36(29)30)25-13-15-26(16-14-25)40-21-31(37)38/h4-7,9-12,17-18,25-26H,2-3,8,13-16,19,21H2,1H3,(H,37,38)/t25-,26-. The molecule has 206 valence electrons. The van der Waals surface area contributed by atoms with Crippen LogP contribution < -0.4 is 5.56 Å². The Bertz CT molecular complexity index is 1590. The number of nitriles is 1. The first kappa shape index (κ1) is 27.4. The highest BCUT2D eigenvalue weighted by Crippen LogP contribution is 2.31. The third kappa shape index (κ3) is 5.70. The molecule has 0 bridgehead atoms. The summed E-state index contributed by atoms with van der Waals surface area (Å²) in [4.78, 5) is 25.1. The lowest BCUT2D eigenvalue weighted by atomic mass is 9.92. The first-order chi connectivity index (χ1) is 19.5. The molecule has 1 N–H and O–H groups in total. The molecule has 0 unspecified atom stereocenters. The number of aromatic nitrogens is 3. The largest absolute Gasteiger partial charge is 0.480 e. The van der Waals surface area contributed by atoms with Crippen molar-refractivity contribution in [1.82, 2.24) is 14.2 Å². The third-order valence-electron chi connectivity index (χ3n) is 7.86. The summed E-state index contributed by atoms with van der Waals surface area (Å²) < 4.78 is 9.38. The summed E-state index contributed by atoms with van der Waals surface area (Å²) in [5.41, 5.74) is 6.06. The number of unbranched alkanes of at least 4 members (excludes halogenated alkanes) is 1. The van der Waals surface area contributed by atoms with Crippen LogP contribution in [0, 0.1) is 11.3 Å². The van der Waals surface area contributed by atoms with Gasteiger partial charge in [0.15, 0.2) is 0 Å². The number of aryl methyl sites for hydroxylation is 1. The summed E-state index contributed by atoms with van der Waals surface area (Å²) >= 11 is 0. The van der Waals surface area contributed by atoms with Crippen molar-refractivity contribution in [3.05, 3.63) is 93.5 Å². The van der Waals surface area contributed by atoms with E-state index in [0.717, 1.165) is 65.7 Å². The summed E-state index contributed by atoms with van der Waals surface area (Å²) in [6, 6.07) is 19.8. The van der Waals surface area contributed by atoms with Crippen LogP contribution in [-0.4, -0.2) is 38.0 Å². The van der Waals surface area contributed by atoms with Gasteiger partial charge < -0.3 is 9.84 Å². The molecular weight excluding hydrogens is 504 g/mol. The number of nitrogens with zero attached hydrogens (tertiary/aromatic N) is 4. The molecule has 0 saturated heterocycles. The number of rotatable bonds is 10. The van der Waals surface area contributed by atoms with Crippen molar-refractivity contribution in [2.45, 2.75) is 70.4 Å². The summed E-state index contributed by atoms with van der Waals surface area (Å²) in [5.74, 6) is -0.964. The van der Waals surface area contributed by atoms with Crippen LogP contribution in [0.3, 0.4) is 0 Å². The lowest BCUT2D eigenvalue weighted by Crippen LogP contribution is -2.35. The topological polar surface area (TPSA) is 110 Å². The molecular formula is C32H34N4O4. The maximum atomic E-state index is 14.2. The van der Waals surface area contributed by atoms with E-state index in [-0.39, 0.29) is 24.3 Å². The first-order valence-electron chi connectivity index (χ1n) is 14.0. The summed E-state index contributed by atoms with van der Waals surface area (Å²) in [5, 5.41) is 23.1. The lowest BCUT2D eigenvalue weighted by molar-refractivity contribution is -0.145. The fourth-order valence-electron chi connectivity index (χ4n) is 5.82. The van der Waals surface area contributed by atoms with Gasteiger partial charge in [-0.15, -0.1) is 0 Å². The molecule has 2 aromatic carbocycles. The molecule has 1 saturated carbocycles. The van der Waals surface area contributed by atoms with Gasteiger partial charge in [-0.25, -0.2) is 9.31 Å². The minimum atomic E-state index is -0.964. The number of carbonyl (C=O) groups is 1. The maximum Gasteiger partial charge on any atom is 0.329 e. The molecule has 1 aliphatic carbocycles. The van der Waals surface area contributed by atoms with Crippen LogP contribution >= 0.6 is 0 Å². The molecule has 5 rings (SSSR count). The molecule has 8 nitrogen and oxygen atoms in total. The Kier molecular flexibility index (Phi) is 8.42. The van der Waals surface area contributed by atoms with Crippen LogP contribution in [-0.2, 0) is 22.4 Å². The number of benzene rings is 2. The van der Waals surface area contributed by atoms with E-state index in [1.165, 1.54) is 0 Å². The fourth-order valence-corrected chi connectivity index (χ4v) is 5.82. The highest BCUT2D eigenvalue weighted by molar-refractivity contribution is 5.70. The highest BCUT2D eigenvalue weighted by atomic mass is 16.5. The number of fused-ring (bicyclic) bond motifs is 1. The van der Waals surface area contributed by atoms with Crippen LogP contribution in [0.5, 0.6) is 0 Å². The van der Waals surface area contributed by atoms with E-state index in [1.54, 1.807) is 6.20 Å². The Labute approximate surface area is 233 Å². The zero-order valence-corrected chi connectivity index (χ0v) is 22.8. The summed E-state index contributed by atoms with van der Waals surface area (Å²) in [6.07, 6.45) is 7.79. The molecule has 0 atom stereocenters. The van der Waals surface area contributed by atoms with Gasteiger partial charge in [-0.1, -0.05) is 55.8 Å². The smallest absolute Gasteiger partial charge is 0.329 e. The Balaban J connectivity index is 1.48. The normalized spacial score (nSPS) is 17.1. The van der Waals surface area contributed by atoms with Gasteiger partial charge >= 0.3 is 5.97 Å². The second-order valence-corrected chi connectivity index (χ2v) is 10.5. The molecule has 1 fully saturated rings. The molecule has 0 spiro atoms. The van der Waals surface area contributed by atoms with E-state index in [9.17, 15) is 14.9 Å². The molecule has 8 heteroatoms. The van der Waals surface area contributed by atoms with Crippen molar-refractivity contribution >= 4 is 11.6 Å². The van der Waals surface area contributed by atoms with Crippen molar-refractivity contribution in [3.8, 4) is 17.2 Å². The second kappa shape index (κ2) is 12.3. The van der Waals surface area contributed by atoms with Gasteiger partial charge in [0, 0.05) is 24.1 Å². The van der Waals surface area contributed by atoms with Crippen LogP contribution in [0.15, 0.2) is 65.6 Å². The van der Waals surface area contributed by atoms with Crippen LogP contribution in [0.25, 0.3) is 16.8 Å². The Morgan fingerprint density at radius 1 is 1.10 bits per heavy atom. The van der Waals surface area contributed by atoms with Gasteiger partial charge in [-0.3, -0.25) is 9.36 Å². The van der Waals surface area contributed by atoms with E-state index in [4.69, 9.17) is 9.84 Å². The minimum absolute atomic E-state index is 0.000197. The number of ether oxygens (including phenoxy) is 1. The molecule has 4 aromatic rings. The quantitative estimate of drug-likeness (QED) is 0.283. The van der Waals surface area contributed by atoms with Crippen molar-refractivity contribution in [1.29, 1.82) is 5.26 Å². The zero-order valence-electron chi connectivity index (χ0n) is 22.8. The Morgan fingerprint density at radius 3 is 2.55 bits per heavy atom. The second-order valence-electron chi connectivity index (χ2n) is 10.5. The molecule has 0 radical (unpaired) electrons. The summed E-state index contributed by atoms with van der Waals surface area (Å²) in [6.45, 7) is 1.85. The number of aliphatic carboxylic acids is 1. The van der Waals surface area contributed by atoms with E-state index < -0.39 is 5.97 Å². The van der Waals surface area contributed by atoms with Gasteiger partial charge in [-0.2, -0.15) is 10.4 Å². The molecule has 1 aliphatic rings. The number of carboxylic acid groups (broad SMARTS) is 1. The Hall–Kier alpha value is -4.22. The molecule has 0 aliphatic heterocycles. The predicted octanol–water partition coefficient (Wildman–Crippen LogP) is 5.55. The molecule has 2 heterocycles. The van der Waals surface area contributed by atoms with Gasteiger partial charge in [0.25, 0.3) is 5.56 Å². The number of hydrogen-bond donors (Lipinski definition) is 1. The third-order valence-corrected chi connectivity index (χ3v) is 7.86. The predicted molar refractivity (Wildman–Crippen MR) is 152 cm³/mol. The Morgan fingerprint density at radius 2 is 1.85 bits per heavy atom. The monoisotopic (exact) mass is 538 g/mol. The van der Waals surface area contributed by atoms with Crippen LogP contribution in [0.1, 0.15) is 73.9 Å². The SMILES string of the molecule is CCCCc1c(Cc2ccc(-c3ccccc3C#N)cc2)c(=O)n([C@H]2CC[C@H](OCC(=O)O)CC2)c2ccnn12. The van der Waals surface area contributed by atoms with E-state index in [2.05, 4.69) is 18.1 Å². The van der Waals surface area contributed by atoms with Crippen LogP contribution in [0.4, 0.5) is 0 Å². The minimum Gasteiger partial charge on any atom is -0.480 e. The van der Waals surface area contributed by atoms with Gasteiger partial charge in [0.2, 0.25) is 0 Å². The average molecular weight is 539 g/mol. The average Bonchev–Trinajstić information content (AvgIpc) is 3.46. The van der Waals surface area contributed by atoms with E-state index in [1.807, 2.05) is 63.7 Å². The number of carboxylic acids is 1. The molecule has 2 aromatic heterocycles. The van der Waals surface area contributed by atoms with Crippen molar-refractivity contribution < 1.29 is 14.6 Å². The fraction of sp³-hybridized carbons (Fsp3) is 0.375. The zero-order chi connectivity index (χ0) is 28.1. The lowest BCUT2D eigenvalue weighted by Gasteiger charge is -2.30. The van der Waals surface area contributed by atoms with Gasteiger partial charge in [-0.05, 0) is 61.3 Å². The van der Waals surface area contributed by atoms with Crippen molar-refractivity contribution in [2.24, 2.45) is 0 Å². The van der Waals surface area contributed by atoms with E-state index in [0.29, 0.717) is 24.8 Å². The highest BCUT2D eigenvalue weighted by Gasteiger charge is 2.28. The van der Waals surface area contributed by atoms with Gasteiger partial charge in [0.1, 0.15) is 12.3 Å².